The molecule has 0 aliphatic carbocycles. The molecule has 0 radical (unpaired) electrons. The summed E-state index contributed by atoms with van der Waals surface area (Å²) in [6, 6.07) is 13.3. The van der Waals surface area contributed by atoms with Crippen molar-refractivity contribution in [2.45, 2.75) is 25.6 Å². The fourth-order valence-corrected chi connectivity index (χ4v) is 4.07. The number of rotatable bonds is 9. The maximum atomic E-state index is 12.2. The highest BCUT2D eigenvalue weighted by atomic mass is 32.2. The molecule has 1 atom stereocenters. The number of carbonyl (C=O) groups excluding carboxylic acids is 2. The topological polar surface area (TPSA) is 109 Å². The van der Waals surface area contributed by atoms with E-state index in [1.165, 1.54) is 17.8 Å². The smallest absolute Gasteiger partial charge is 0.336 e. The molecule has 3 rings (SSSR count). The molecule has 0 fully saturated rings. The maximum Gasteiger partial charge on any atom is 0.336 e. The quantitative estimate of drug-likeness (QED) is 0.507. The molecule has 1 heterocycles. The van der Waals surface area contributed by atoms with Gasteiger partial charge in [0.1, 0.15) is 11.3 Å². The van der Waals surface area contributed by atoms with Gasteiger partial charge in [-0.25, -0.2) is 4.79 Å². The molecule has 0 aliphatic rings. The van der Waals surface area contributed by atoms with Gasteiger partial charge in [0.25, 0.3) is 5.91 Å². The lowest BCUT2D eigenvalue weighted by Crippen LogP contribution is -2.50. The van der Waals surface area contributed by atoms with E-state index in [1.807, 2.05) is 37.3 Å². The third-order valence-electron chi connectivity index (χ3n) is 4.69. The number of hydrogen-bond acceptors (Lipinski definition) is 7. The summed E-state index contributed by atoms with van der Waals surface area (Å²) in [5.74, 6) is -0.770. The van der Waals surface area contributed by atoms with Gasteiger partial charge in [0.2, 0.25) is 0 Å². The molecule has 31 heavy (non-hydrogen) atoms. The van der Waals surface area contributed by atoms with E-state index >= 15 is 0 Å². The fraction of sp³-hybridized carbons (Fsp3) is 0.261. The van der Waals surface area contributed by atoms with E-state index in [2.05, 4.69) is 5.32 Å². The number of aryl methyl sites for hydroxylation is 2. The lowest BCUT2D eigenvalue weighted by molar-refractivity contribution is -0.307. The van der Waals surface area contributed by atoms with Crippen molar-refractivity contribution in [3.8, 4) is 5.75 Å². The zero-order valence-corrected chi connectivity index (χ0v) is 18.0. The van der Waals surface area contributed by atoms with Crippen molar-refractivity contribution in [2.24, 2.45) is 0 Å². The number of aliphatic carboxylic acids is 1. The molecule has 1 N–H and O–H groups in total. The molecule has 3 aromatic rings. The Morgan fingerprint density at radius 1 is 1.16 bits per heavy atom. The third kappa shape index (κ3) is 5.88. The predicted molar refractivity (Wildman–Crippen MR) is 117 cm³/mol. The van der Waals surface area contributed by atoms with E-state index in [9.17, 15) is 19.5 Å². The number of benzene rings is 2. The lowest BCUT2D eigenvalue weighted by atomic mass is 10.1. The first-order chi connectivity index (χ1) is 14.8. The molecule has 1 amide bonds. The Kier molecular flexibility index (Phi) is 7.36. The van der Waals surface area contributed by atoms with Crippen molar-refractivity contribution in [3.05, 3.63) is 75.6 Å². The molecule has 0 bridgehead atoms. The van der Waals surface area contributed by atoms with E-state index in [0.29, 0.717) is 22.6 Å². The van der Waals surface area contributed by atoms with Crippen LogP contribution in [0.3, 0.4) is 0 Å². The van der Waals surface area contributed by atoms with E-state index in [1.54, 1.807) is 19.1 Å². The molecule has 2 aromatic carbocycles. The lowest BCUT2D eigenvalue weighted by Gasteiger charge is -2.20. The first kappa shape index (κ1) is 22.4. The van der Waals surface area contributed by atoms with Crippen LogP contribution in [0.4, 0.5) is 0 Å². The number of carboxylic acid groups (broad SMARTS) is 1. The second-order valence-corrected chi connectivity index (χ2v) is 8.07. The molecule has 0 aliphatic heterocycles. The van der Waals surface area contributed by atoms with Crippen LogP contribution in [-0.4, -0.2) is 30.3 Å². The van der Waals surface area contributed by atoms with Gasteiger partial charge in [-0.2, -0.15) is 11.8 Å². The molecule has 1 aromatic heterocycles. The van der Waals surface area contributed by atoms with Crippen molar-refractivity contribution in [1.82, 2.24) is 5.32 Å². The third-order valence-corrected chi connectivity index (χ3v) is 5.80. The van der Waals surface area contributed by atoms with Gasteiger partial charge in [0, 0.05) is 28.5 Å². The summed E-state index contributed by atoms with van der Waals surface area (Å²) >= 11 is 1.39. The monoisotopic (exact) mass is 440 g/mol. The zero-order chi connectivity index (χ0) is 22.4. The highest BCUT2D eigenvalue weighted by Gasteiger charge is 2.16. The van der Waals surface area contributed by atoms with Crippen LogP contribution in [0, 0.1) is 13.8 Å². The molecule has 7 nitrogen and oxygen atoms in total. The molecule has 8 heteroatoms. The fourth-order valence-electron chi connectivity index (χ4n) is 3.07. The second-order valence-electron chi connectivity index (χ2n) is 7.04. The summed E-state index contributed by atoms with van der Waals surface area (Å²) in [5.41, 5.74) is 2.36. The Morgan fingerprint density at radius 2 is 1.90 bits per heavy atom. The van der Waals surface area contributed by atoms with Gasteiger partial charge in [-0.05, 0) is 37.1 Å². The van der Waals surface area contributed by atoms with Gasteiger partial charge in [-0.1, -0.05) is 30.3 Å². The van der Waals surface area contributed by atoms with E-state index in [4.69, 9.17) is 9.15 Å². The number of ether oxygens (including phenoxy) is 1. The first-order valence-corrected chi connectivity index (χ1v) is 10.8. The van der Waals surface area contributed by atoms with Crippen molar-refractivity contribution in [3.63, 3.8) is 0 Å². The predicted octanol–water partition coefficient (Wildman–Crippen LogP) is 1.96. The summed E-state index contributed by atoms with van der Waals surface area (Å²) in [6.07, 6.45) is 0. The Bertz CT molecular complexity index is 1140. The minimum Gasteiger partial charge on any atom is -0.548 e. The number of fused-ring (bicyclic) bond motifs is 1. The van der Waals surface area contributed by atoms with E-state index in [-0.39, 0.29) is 12.4 Å². The standard InChI is InChI=1S/C23H23NO6S/c1-14-10-21(26)30-22-15(2)19(9-8-17(14)22)29-11-20(25)24-18(23(27)28)13-31-12-16-6-4-3-5-7-16/h3-10,18H,11-13H2,1-2H3,(H,24,25)(H,27,28)/p-1/t18-/m0/s1. The van der Waals surface area contributed by atoms with Gasteiger partial charge in [-0.15, -0.1) is 0 Å². The van der Waals surface area contributed by atoms with E-state index in [0.717, 1.165) is 16.5 Å². The highest BCUT2D eigenvalue weighted by molar-refractivity contribution is 7.98. The molecule has 162 valence electrons. The number of amides is 1. The van der Waals surface area contributed by atoms with Gasteiger partial charge in [0.15, 0.2) is 6.61 Å². The average molecular weight is 440 g/mol. The van der Waals surface area contributed by atoms with Crippen molar-refractivity contribution in [2.75, 3.05) is 12.4 Å². The molecular weight excluding hydrogens is 418 g/mol. The average Bonchev–Trinajstić information content (AvgIpc) is 2.73. The molecule has 0 saturated carbocycles. The van der Waals surface area contributed by atoms with Crippen LogP contribution in [0.1, 0.15) is 16.7 Å². The van der Waals surface area contributed by atoms with E-state index < -0.39 is 23.5 Å². The number of nitrogens with one attached hydrogen (secondary N) is 1. The molecule has 0 spiro atoms. The zero-order valence-electron chi connectivity index (χ0n) is 17.2. The number of carbonyl (C=O) groups is 2. The summed E-state index contributed by atoms with van der Waals surface area (Å²) < 4.78 is 10.8. The minimum atomic E-state index is -1.35. The summed E-state index contributed by atoms with van der Waals surface area (Å²) in [7, 11) is 0. The minimum absolute atomic E-state index is 0.169. The summed E-state index contributed by atoms with van der Waals surface area (Å²) in [6.45, 7) is 3.15. The van der Waals surface area contributed by atoms with Crippen LogP contribution >= 0.6 is 11.8 Å². The number of carboxylic acids is 1. The van der Waals surface area contributed by atoms with Crippen molar-refractivity contribution < 1.29 is 23.8 Å². The van der Waals surface area contributed by atoms with Crippen LogP contribution < -0.4 is 20.8 Å². The van der Waals surface area contributed by atoms with Gasteiger partial charge in [0.05, 0.1) is 12.0 Å². The maximum absolute atomic E-state index is 12.2. The molecular formula is C23H22NO6S-. The van der Waals surface area contributed by atoms with Gasteiger partial charge in [-0.3, -0.25) is 4.79 Å². The Hall–Kier alpha value is -3.26. The van der Waals surface area contributed by atoms with Crippen LogP contribution in [0.15, 0.2) is 57.7 Å². The van der Waals surface area contributed by atoms with Crippen molar-refractivity contribution in [1.29, 1.82) is 0 Å². The Balaban J connectivity index is 1.58. The van der Waals surface area contributed by atoms with Gasteiger partial charge >= 0.3 is 5.63 Å². The highest BCUT2D eigenvalue weighted by Crippen LogP contribution is 2.28. The number of thioether (sulfide) groups is 1. The Morgan fingerprint density at radius 3 is 2.61 bits per heavy atom. The summed E-state index contributed by atoms with van der Waals surface area (Å²) in [5, 5.41) is 14.6. The summed E-state index contributed by atoms with van der Waals surface area (Å²) in [4.78, 5) is 35.3. The van der Waals surface area contributed by atoms with Crippen LogP contribution in [0.5, 0.6) is 5.75 Å². The Labute approximate surface area is 183 Å². The largest absolute Gasteiger partial charge is 0.548 e. The van der Waals surface area contributed by atoms with Crippen LogP contribution in [0.2, 0.25) is 0 Å². The van der Waals surface area contributed by atoms with Gasteiger partial charge < -0.3 is 24.4 Å². The second kappa shape index (κ2) is 10.2. The SMILES string of the molecule is Cc1cc(=O)oc2c(C)c(OCC(=O)N[C@@H](CSCc3ccccc3)C(=O)[O-])ccc12. The van der Waals surface area contributed by atoms with Crippen LogP contribution in [-0.2, 0) is 15.3 Å². The normalized spacial score (nSPS) is 11.8. The van der Waals surface area contributed by atoms with Crippen LogP contribution in [0.25, 0.3) is 11.0 Å². The molecule has 0 unspecified atom stereocenters. The number of hydrogen-bond donors (Lipinski definition) is 1. The molecule has 0 saturated heterocycles. The van der Waals surface area contributed by atoms with Crippen molar-refractivity contribution >= 4 is 34.6 Å². The first-order valence-electron chi connectivity index (χ1n) is 9.64.